The summed E-state index contributed by atoms with van der Waals surface area (Å²) in [5.41, 5.74) is 0. The lowest BCUT2D eigenvalue weighted by Crippen LogP contribution is -2.24. The molecular weight excluding hydrogens is 212 g/mol. The topological polar surface area (TPSA) is 76.7 Å². The number of rotatable bonds is 2. The van der Waals surface area contributed by atoms with Crippen molar-refractivity contribution in [3.05, 3.63) is 24.3 Å². The van der Waals surface area contributed by atoms with Crippen LogP contribution in [0, 0.1) is 0 Å². The highest BCUT2D eigenvalue weighted by Crippen LogP contribution is 2.26. The largest absolute Gasteiger partial charge is 0.412 e. The zero-order chi connectivity index (χ0) is 12.0. The summed E-state index contributed by atoms with van der Waals surface area (Å²) in [7, 11) is 2.87. The maximum atomic E-state index is 11.0. The number of nitrogens with one attached hydrogen (secondary N) is 2. The van der Waals surface area contributed by atoms with E-state index >= 15 is 0 Å². The second kappa shape index (κ2) is 5.59. The van der Waals surface area contributed by atoms with E-state index in [1.807, 2.05) is 0 Å². The number of amides is 2. The molecule has 6 nitrogen and oxygen atoms in total. The highest BCUT2D eigenvalue weighted by molar-refractivity contribution is 5.74. The third-order valence-electron chi connectivity index (χ3n) is 1.66. The molecule has 16 heavy (non-hydrogen) atoms. The Hall–Kier alpha value is -2.24. The number of ether oxygens (including phenoxy) is 2. The average Bonchev–Trinajstić information content (AvgIpc) is 2.31. The summed E-state index contributed by atoms with van der Waals surface area (Å²) in [6, 6.07) is 6.37. The van der Waals surface area contributed by atoms with Crippen LogP contribution in [0.3, 0.4) is 0 Å². The maximum Gasteiger partial charge on any atom is 0.412 e. The summed E-state index contributed by atoms with van der Waals surface area (Å²) < 4.78 is 9.77. The molecule has 0 spiro atoms. The Kier molecular flexibility index (Phi) is 4.14. The molecule has 2 N–H and O–H groups in total. The van der Waals surface area contributed by atoms with Gasteiger partial charge in [0.2, 0.25) is 0 Å². The first-order valence-electron chi connectivity index (χ1n) is 4.55. The van der Waals surface area contributed by atoms with E-state index in [1.165, 1.54) is 26.2 Å². The Morgan fingerprint density at radius 3 is 1.62 bits per heavy atom. The molecule has 0 fully saturated rings. The molecule has 2 amide bonds. The van der Waals surface area contributed by atoms with E-state index in [0.717, 1.165) is 0 Å². The van der Waals surface area contributed by atoms with Gasteiger partial charge in [0.25, 0.3) is 0 Å². The molecule has 1 aromatic rings. The monoisotopic (exact) mass is 224 g/mol. The Balaban J connectivity index is 2.83. The van der Waals surface area contributed by atoms with Crippen LogP contribution in [-0.2, 0) is 0 Å². The van der Waals surface area contributed by atoms with Gasteiger partial charge in [-0.1, -0.05) is 12.1 Å². The number of carbonyl (C=O) groups is 2. The van der Waals surface area contributed by atoms with Crippen LogP contribution in [0.2, 0.25) is 0 Å². The Labute approximate surface area is 92.5 Å². The van der Waals surface area contributed by atoms with Gasteiger partial charge in [-0.2, -0.15) is 0 Å². The fraction of sp³-hybridized carbons (Fsp3) is 0.200. The lowest BCUT2D eigenvalue weighted by atomic mass is 10.3. The van der Waals surface area contributed by atoms with Crippen LogP contribution < -0.4 is 20.1 Å². The second-order valence-corrected chi connectivity index (χ2v) is 2.73. The van der Waals surface area contributed by atoms with Gasteiger partial charge in [0, 0.05) is 14.1 Å². The molecule has 0 bridgehead atoms. The fourth-order valence-corrected chi connectivity index (χ4v) is 0.921. The van der Waals surface area contributed by atoms with Gasteiger partial charge in [0.05, 0.1) is 0 Å². The van der Waals surface area contributed by atoms with Crippen molar-refractivity contribution in [2.75, 3.05) is 14.1 Å². The molecule has 86 valence electrons. The summed E-state index contributed by atoms with van der Waals surface area (Å²) in [5, 5.41) is 4.58. The van der Waals surface area contributed by atoms with Crippen molar-refractivity contribution in [1.82, 2.24) is 10.6 Å². The van der Waals surface area contributed by atoms with Crippen LogP contribution in [0.15, 0.2) is 24.3 Å². The van der Waals surface area contributed by atoms with Crippen LogP contribution in [-0.4, -0.2) is 26.3 Å². The molecule has 0 atom stereocenters. The van der Waals surface area contributed by atoms with Crippen molar-refractivity contribution in [3.63, 3.8) is 0 Å². The number of hydrogen-bond acceptors (Lipinski definition) is 4. The van der Waals surface area contributed by atoms with E-state index < -0.39 is 12.2 Å². The molecule has 1 rings (SSSR count). The van der Waals surface area contributed by atoms with Crippen LogP contribution in [0.4, 0.5) is 9.59 Å². The number of carbonyl (C=O) groups excluding carboxylic acids is 2. The molecule has 0 radical (unpaired) electrons. The normalized spacial score (nSPS) is 9.12. The minimum Gasteiger partial charge on any atom is -0.406 e. The lowest BCUT2D eigenvalue weighted by molar-refractivity contribution is 0.192. The predicted molar refractivity (Wildman–Crippen MR) is 56.6 cm³/mol. The smallest absolute Gasteiger partial charge is 0.406 e. The van der Waals surface area contributed by atoms with Gasteiger partial charge < -0.3 is 20.1 Å². The van der Waals surface area contributed by atoms with Crippen molar-refractivity contribution >= 4 is 12.2 Å². The summed E-state index contributed by atoms with van der Waals surface area (Å²) >= 11 is 0. The van der Waals surface area contributed by atoms with Crippen LogP contribution in [0.5, 0.6) is 11.5 Å². The SMILES string of the molecule is CNC(=O)Oc1ccccc1OC(=O)NC. The van der Waals surface area contributed by atoms with Gasteiger partial charge in [0.1, 0.15) is 0 Å². The van der Waals surface area contributed by atoms with Crippen molar-refractivity contribution in [2.45, 2.75) is 0 Å². The summed E-state index contributed by atoms with van der Waals surface area (Å²) in [6.45, 7) is 0. The van der Waals surface area contributed by atoms with E-state index in [-0.39, 0.29) is 11.5 Å². The minimum absolute atomic E-state index is 0.172. The molecule has 0 aliphatic carbocycles. The summed E-state index contributed by atoms with van der Waals surface area (Å²) in [4.78, 5) is 22.0. The highest BCUT2D eigenvalue weighted by atomic mass is 16.6. The molecule has 0 heterocycles. The Morgan fingerprint density at radius 1 is 0.938 bits per heavy atom. The van der Waals surface area contributed by atoms with Crippen LogP contribution >= 0.6 is 0 Å². The van der Waals surface area contributed by atoms with E-state index in [9.17, 15) is 9.59 Å². The first-order valence-corrected chi connectivity index (χ1v) is 4.55. The zero-order valence-electron chi connectivity index (χ0n) is 8.94. The third kappa shape index (κ3) is 3.16. The molecule has 0 saturated carbocycles. The second-order valence-electron chi connectivity index (χ2n) is 2.73. The van der Waals surface area contributed by atoms with Gasteiger partial charge in [-0.3, -0.25) is 0 Å². The first kappa shape index (κ1) is 11.8. The highest BCUT2D eigenvalue weighted by Gasteiger charge is 2.10. The van der Waals surface area contributed by atoms with Gasteiger partial charge in [-0.25, -0.2) is 9.59 Å². The van der Waals surface area contributed by atoms with E-state index in [1.54, 1.807) is 12.1 Å². The Morgan fingerprint density at radius 2 is 1.31 bits per heavy atom. The fourth-order valence-electron chi connectivity index (χ4n) is 0.921. The average molecular weight is 224 g/mol. The molecule has 1 aromatic carbocycles. The summed E-state index contributed by atoms with van der Waals surface area (Å²) in [6.07, 6.45) is -1.26. The number of benzene rings is 1. The van der Waals surface area contributed by atoms with Crippen molar-refractivity contribution in [3.8, 4) is 11.5 Å². The van der Waals surface area contributed by atoms with Gasteiger partial charge >= 0.3 is 12.2 Å². The number of para-hydroxylation sites is 2. The molecule has 0 unspecified atom stereocenters. The molecule has 0 aromatic heterocycles. The lowest BCUT2D eigenvalue weighted by Gasteiger charge is -2.09. The third-order valence-corrected chi connectivity index (χ3v) is 1.66. The maximum absolute atomic E-state index is 11.0. The van der Waals surface area contributed by atoms with Crippen LogP contribution in [0.25, 0.3) is 0 Å². The molecule has 0 aliphatic rings. The zero-order valence-corrected chi connectivity index (χ0v) is 8.94. The predicted octanol–water partition coefficient (Wildman–Crippen LogP) is 1.12. The molecule has 6 heteroatoms. The minimum atomic E-state index is -0.632. The standard InChI is InChI=1S/C10H12N2O4/c1-11-9(13)15-7-5-3-4-6-8(7)16-10(14)12-2/h3-6H,1-2H3,(H,11,13)(H,12,14). The van der Waals surface area contributed by atoms with E-state index in [0.29, 0.717) is 0 Å². The van der Waals surface area contributed by atoms with E-state index in [4.69, 9.17) is 9.47 Å². The van der Waals surface area contributed by atoms with Crippen LogP contribution in [0.1, 0.15) is 0 Å². The van der Waals surface area contributed by atoms with Gasteiger partial charge in [-0.15, -0.1) is 0 Å². The molecular formula is C10H12N2O4. The van der Waals surface area contributed by atoms with Gasteiger partial charge in [0.15, 0.2) is 11.5 Å². The quantitative estimate of drug-likeness (QED) is 0.789. The van der Waals surface area contributed by atoms with Crippen molar-refractivity contribution in [2.24, 2.45) is 0 Å². The summed E-state index contributed by atoms with van der Waals surface area (Å²) in [5.74, 6) is 0.343. The molecule has 0 saturated heterocycles. The van der Waals surface area contributed by atoms with Crippen molar-refractivity contribution < 1.29 is 19.1 Å². The van der Waals surface area contributed by atoms with Gasteiger partial charge in [-0.05, 0) is 12.1 Å². The van der Waals surface area contributed by atoms with E-state index in [2.05, 4.69) is 10.6 Å². The molecule has 0 aliphatic heterocycles. The number of hydrogen-bond donors (Lipinski definition) is 2. The van der Waals surface area contributed by atoms with Crippen molar-refractivity contribution in [1.29, 1.82) is 0 Å². The first-order chi connectivity index (χ1) is 7.67. The Bertz CT molecular complexity index is 355.